The molecule has 7 nitrogen and oxygen atoms in total. The third kappa shape index (κ3) is 5.29. The number of nitrogens with one attached hydrogen (secondary N) is 1. The molecule has 3 aromatic rings. The molecule has 2 fully saturated rings. The monoisotopic (exact) mass is 478 g/mol. The number of hydrogen-bond donors (Lipinski definition) is 1. The number of rotatable bonds is 7. The summed E-state index contributed by atoms with van der Waals surface area (Å²) in [6.45, 7) is 7.84. The van der Waals surface area contributed by atoms with E-state index in [1.165, 1.54) is 0 Å². The first-order chi connectivity index (χ1) is 16.7. The van der Waals surface area contributed by atoms with Crippen molar-refractivity contribution in [3.63, 3.8) is 0 Å². The Labute approximate surface area is 204 Å². The first kappa shape index (κ1) is 23.0. The highest BCUT2D eigenvalue weighted by Crippen LogP contribution is 2.32. The molecule has 34 heavy (non-hydrogen) atoms. The van der Waals surface area contributed by atoms with Crippen molar-refractivity contribution in [2.45, 2.75) is 6.92 Å². The van der Waals surface area contributed by atoms with Crippen molar-refractivity contribution < 1.29 is 14.3 Å². The Morgan fingerprint density at radius 3 is 2.74 bits per heavy atom. The molecule has 1 aromatic heterocycles. The van der Waals surface area contributed by atoms with E-state index in [4.69, 9.17) is 9.47 Å². The molecule has 2 saturated heterocycles. The highest BCUT2D eigenvalue weighted by atomic mass is 32.2. The Morgan fingerprint density at radius 2 is 1.94 bits per heavy atom. The summed E-state index contributed by atoms with van der Waals surface area (Å²) >= 11 is 1.88. The van der Waals surface area contributed by atoms with E-state index in [1.807, 2.05) is 67.2 Å². The predicted octanol–water partition coefficient (Wildman–Crippen LogP) is 4.02. The number of amides is 1. The lowest BCUT2D eigenvalue weighted by molar-refractivity contribution is 0.0323. The lowest BCUT2D eigenvalue weighted by Crippen LogP contribution is -2.38. The SMILES string of the molecule is Cc1cc(C(=O)Nc2ccc(OCCN3CCOCC3)c3ccccc23)cc(N2CCSC2)n1. The molecule has 0 saturated carbocycles. The number of benzene rings is 2. The number of carbonyl (C=O) groups excluding carboxylic acids is 1. The van der Waals surface area contributed by atoms with Crippen LogP contribution >= 0.6 is 11.8 Å². The average molecular weight is 479 g/mol. The smallest absolute Gasteiger partial charge is 0.255 e. The number of hydrogen-bond acceptors (Lipinski definition) is 7. The quantitative estimate of drug-likeness (QED) is 0.550. The molecule has 2 aliphatic heterocycles. The van der Waals surface area contributed by atoms with Crippen LogP contribution in [0.1, 0.15) is 16.1 Å². The van der Waals surface area contributed by atoms with Crippen molar-refractivity contribution in [3.8, 4) is 5.75 Å². The summed E-state index contributed by atoms with van der Waals surface area (Å²) < 4.78 is 11.6. The average Bonchev–Trinajstić information content (AvgIpc) is 3.41. The standard InChI is InChI=1S/C26H30N4O3S/c1-19-16-20(17-25(27-19)30-11-15-34-18-30)26(31)28-23-6-7-24(22-5-3-2-4-21(22)23)33-14-10-29-8-12-32-13-9-29/h2-7,16-17H,8-15,18H2,1H3,(H,28,31). The van der Waals surface area contributed by atoms with Crippen LogP contribution in [-0.2, 0) is 4.74 Å². The van der Waals surface area contributed by atoms with Crippen molar-refractivity contribution in [2.75, 3.05) is 67.8 Å². The number of aromatic nitrogens is 1. The van der Waals surface area contributed by atoms with Crippen LogP contribution in [0.3, 0.4) is 0 Å². The zero-order valence-corrected chi connectivity index (χ0v) is 20.3. The molecule has 0 aliphatic carbocycles. The second kappa shape index (κ2) is 10.6. The Balaban J connectivity index is 1.32. The van der Waals surface area contributed by atoms with Crippen LogP contribution in [0, 0.1) is 6.92 Å². The van der Waals surface area contributed by atoms with Crippen molar-refractivity contribution in [3.05, 3.63) is 59.8 Å². The molecule has 8 heteroatoms. The number of pyridine rings is 1. The van der Waals surface area contributed by atoms with Gasteiger partial charge in [0, 0.05) is 59.6 Å². The number of ether oxygens (including phenoxy) is 2. The molecule has 178 valence electrons. The highest BCUT2D eigenvalue weighted by Gasteiger charge is 2.18. The number of carbonyl (C=O) groups is 1. The van der Waals surface area contributed by atoms with Crippen LogP contribution in [0.15, 0.2) is 48.5 Å². The topological polar surface area (TPSA) is 66.9 Å². The number of nitrogens with zero attached hydrogens (tertiary/aromatic N) is 3. The summed E-state index contributed by atoms with van der Waals surface area (Å²) in [6, 6.07) is 15.6. The van der Waals surface area contributed by atoms with Gasteiger partial charge in [0.2, 0.25) is 0 Å². The van der Waals surface area contributed by atoms with Crippen LogP contribution < -0.4 is 15.0 Å². The minimum Gasteiger partial charge on any atom is -0.492 e. The zero-order chi connectivity index (χ0) is 23.3. The van der Waals surface area contributed by atoms with E-state index in [1.54, 1.807) is 0 Å². The van der Waals surface area contributed by atoms with Gasteiger partial charge in [0.1, 0.15) is 18.2 Å². The van der Waals surface area contributed by atoms with E-state index >= 15 is 0 Å². The van der Waals surface area contributed by atoms with Crippen molar-refractivity contribution in [2.24, 2.45) is 0 Å². The molecule has 0 radical (unpaired) electrons. The molecule has 1 amide bonds. The van der Waals surface area contributed by atoms with Gasteiger partial charge in [0.15, 0.2) is 0 Å². The zero-order valence-electron chi connectivity index (χ0n) is 19.5. The fourth-order valence-electron chi connectivity index (χ4n) is 4.35. The first-order valence-corrected chi connectivity index (χ1v) is 12.9. The van der Waals surface area contributed by atoms with Gasteiger partial charge < -0.3 is 19.7 Å². The van der Waals surface area contributed by atoms with Crippen molar-refractivity contribution in [1.82, 2.24) is 9.88 Å². The number of thioether (sulfide) groups is 1. The van der Waals surface area contributed by atoms with Crippen LogP contribution in [-0.4, -0.2) is 73.4 Å². The van der Waals surface area contributed by atoms with Gasteiger partial charge in [-0.1, -0.05) is 24.3 Å². The van der Waals surface area contributed by atoms with E-state index in [0.29, 0.717) is 12.2 Å². The number of aryl methyl sites for hydroxylation is 1. The molecule has 3 heterocycles. The molecular formula is C26H30N4O3S. The lowest BCUT2D eigenvalue weighted by Gasteiger charge is -2.26. The largest absolute Gasteiger partial charge is 0.492 e. The summed E-state index contributed by atoms with van der Waals surface area (Å²) in [7, 11) is 0. The van der Waals surface area contributed by atoms with Gasteiger partial charge in [-0.25, -0.2) is 4.98 Å². The van der Waals surface area contributed by atoms with Gasteiger partial charge in [0.05, 0.1) is 19.1 Å². The third-order valence-corrected chi connectivity index (χ3v) is 7.15. The maximum absolute atomic E-state index is 13.2. The van der Waals surface area contributed by atoms with E-state index < -0.39 is 0 Å². The number of fused-ring (bicyclic) bond motifs is 1. The van der Waals surface area contributed by atoms with E-state index in [0.717, 1.165) is 84.7 Å². The fourth-order valence-corrected chi connectivity index (χ4v) is 5.31. The van der Waals surface area contributed by atoms with Gasteiger partial charge in [-0.2, -0.15) is 0 Å². The maximum atomic E-state index is 13.2. The second-order valence-corrected chi connectivity index (χ2v) is 9.64. The van der Waals surface area contributed by atoms with Crippen LogP contribution in [0.5, 0.6) is 5.75 Å². The Hall–Kier alpha value is -2.81. The Kier molecular flexibility index (Phi) is 7.18. The molecule has 2 aliphatic rings. The van der Waals surface area contributed by atoms with Gasteiger partial charge in [-0.05, 0) is 31.2 Å². The van der Waals surface area contributed by atoms with Crippen LogP contribution in [0.2, 0.25) is 0 Å². The summed E-state index contributed by atoms with van der Waals surface area (Å²) in [5.74, 6) is 3.56. The van der Waals surface area contributed by atoms with E-state index in [-0.39, 0.29) is 5.91 Å². The van der Waals surface area contributed by atoms with Crippen molar-refractivity contribution in [1.29, 1.82) is 0 Å². The normalized spacial score (nSPS) is 16.7. The molecule has 5 rings (SSSR count). The minimum absolute atomic E-state index is 0.135. The van der Waals surface area contributed by atoms with Crippen LogP contribution in [0.25, 0.3) is 10.8 Å². The molecule has 0 spiro atoms. The first-order valence-electron chi connectivity index (χ1n) is 11.7. The maximum Gasteiger partial charge on any atom is 0.255 e. The van der Waals surface area contributed by atoms with Gasteiger partial charge >= 0.3 is 0 Å². The summed E-state index contributed by atoms with van der Waals surface area (Å²) in [6.07, 6.45) is 0. The molecule has 1 N–H and O–H groups in total. The summed E-state index contributed by atoms with van der Waals surface area (Å²) in [4.78, 5) is 22.4. The van der Waals surface area contributed by atoms with Gasteiger partial charge in [0.25, 0.3) is 5.91 Å². The molecule has 0 bridgehead atoms. The second-order valence-electron chi connectivity index (χ2n) is 8.57. The van der Waals surface area contributed by atoms with E-state index in [2.05, 4.69) is 20.1 Å². The fraction of sp³-hybridized carbons (Fsp3) is 0.385. The Morgan fingerprint density at radius 1 is 1.12 bits per heavy atom. The number of morpholine rings is 1. The summed E-state index contributed by atoms with van der Waals surface area (Å²) in [5, 5.41) is 5.06. The predicted molar refractivity (Wildman–Crippen MR) is 138 cm³/mol. The van der Waals surface area contributed by atoms with Crippen molar-refractivity contribution >= 4 is 39.9 Å². The van der Waals surface area contributed by atoms with E-state index in [9.17, 15) is 4.79 Å². The highest BCUT2D eigenvalue weighted by molar-refractivity contribution is 7.99. The summed E-state index contributed by atoms with van der Waals surface area (Å²) in [5.41, 5.74) is 2.23. The van der Waals surface area contributed by atoms with Gasteiger partial charge in [-0.3, -0.25) is 9.69 Å². The van der Waals surface area contributed by atoms with Gasteiger partial charge in [-0.15, -0.1) is 11.8 Å². The molecule has 2 aromatic carbocycles. The molecule has 0 unspecified atom stereocenters. The third-order valence-electron chi connectivity index (χ3n) is 6.18. The van der Waals surface area contributed by atoms with Crippen LogP contribution in [0.4, 0.5) is 11.5 Å². The Bertz CT molecular complexity index is 1160. The number of anilines is 2. The lowest BCUT2D eigenvalue weighted by atomic mass is 10.1. The molecular weight excluding hydrogens is 448 g/mol. The minimum atomic E-state index is -0.135. The molecule has 0 atom stereocenters.